The Labute approximate surface area is 286 Å². The Morgan fingerprint density at radius 1 is 1.17 bits per heavy atom. The minimum absolute atomic E-state index is 0.00526. The number of hydrogen-bond donors (Lipinski definition) is 3. The maximum absolute atomic E-state index is 14.3. The Hall–Kier alpha value is -3.54. The highest BCUT2D eigenvalue weighted by Crippen LogP contribution is 2.46. The predicted octanol–water partition coefficient (Wildman–Crippen LogP) is 6.72. The van der Waals surface area contributed by atoms with Crippen molar-refractivity contribution in [2.75, 3.05) is 18.0 Å². The highest BCUT2D eigenvalue weighted by Gasteiger charge is 2.41. The van der Waals surface area contributed by atoms with Crippen LogP contribution < -0.4 is 10.5 Å². The third-order valence-corrected chi connectivity index (χ3v) is 10.8. The second-order valence-electron chi connectivity index (χ2n) is 11.4. The van der Waals surface area contributed by atoms with Crippen molar-refractivity contribution < 1.29 is 28.6 Å². The highest BCUT2D eigenvalue weighted by atomic mass is 35.5. The number of phenolic OH excluding ortho intramolecular Hbond substituents is 1. The third-order valence-electron chi connectivity index (χ3n) is 8.42. The summed E-state index contributed by atoms with van der Waals surface area (Å²) in [5.74, 6) is -1.10. The zero-order valence-corrected chi connectivity index (χ0v) is 27.5. The van der Waals surface area contributed by atoms with Gasteiger partial charge in [0.25, 0.3) is 11.5 Å². The van der Waals surface area contributed by atoms with Crippen LogP contribution >= 0.6 is 46.6 Å². The number of amides is 3. The number of aromatic nitrogens is 1. The van der Waals surface area contributed by atoms with E-state index in [0.717, 1.165) is 18.9 Å². The molecule has 2 fully saturated rings. The summed E-state index contributed by atoms with van der Waals surface area (Å²) in [5, 5.41) is 26.5. The number of anilines is 1. The van der Waals surface area contributed by atoms with Gasteiger partial charge in [0, 0.05) is 35.5 Å². The molecule has 3 heterocycles. The molecule has 3 aliphatic rings. The number of phenols is 1. The van der Waals surface area contributed by atoms with E-state index in [0.29, 0.717) is 42.4 Å². The average molecular weight is 725 g/mol. The van der Waals surface area contributed by atoms with Gasteiger partial charge in [0.2, 0.25) is 0 Å². The van der Waals surface area contributed by atoms with Crippen LogP contribution in [0, 0.1) is 11.3 Å². The molecule has 0 spiro atoms. The molecule has 1 aliphatic carbocycles. The second-order valence-corrected chi connectivity index (χ2v) is 13.7. The first-order valence-corrected chi connectivity index (χ1v) is 16.5. The molecule has 47 heavy (non-hydrogen) atoms. The maximum Gasteiger partial charge on any atom is 0.362 e. The van der Waals surface area contributed by atoms with Crippen LogP contribution in [0.4, 0.5) is 19.3 Å². The van der Waals surface area contributed by atoms with Crippen molar-refractivity contribution >= 4 is 64.2 Å². The van der Waals surface area contributed by atoms with Crippen molar-refractivity contribution in [2.45, 2.75) is 66.1 Å². The van der Waals surface area contributed by atoms with Crippen molar-refractivity contribution in [3.05, 3.63) is 78.7 Å². The Kier molecular flexibility index (Phi) is 9.10. The molecule has 3 amide bonds. The van der Waals surface area contributed by atoms with Crippen molar-refractivity contribution in [3.63, 3.8) is 0 Å². The average Bonchev–Trinajstić information content (AvgIpc) is 3.81. The van der Waals surface area contributed by atoms with Crippen LogP contribution in [0.5, 0.6) is 5.75 Å². The van der Waals surface area contributed by atoms with Gasteiger partial charge in [0.15, 0.2) is 0 Å². The number of aromatic hydroxyl groups is 1. The first-order valence-electron chi connectivity index (χ1n) is 14.6. The Bertz CT molecular complexity index is 1890. The van der Waals surface area contributed by atoms with Crippen LogP contribution in [0.15, 0.2) is 44.9 Å². The summed E-state index contributed by atoms with van der Waals surface area (Å²) in [6.45, 7) is 0.436. The van der Waals surface area contributed by atoms with E-state index in [1.54, 1.807) is 11.0 Å². The molecule has 0 bridgehead atoms. The smallest absolute Gasteiger partial charge is 0.362 e. The minimum Gasteiger partial charge on any atom is -0.506 e. The number of aliphatic hydroxyl groups is 1. The number of aromatic amines is 1. The minimum atomic E-state index is -4.00. The molecule has 16 heteroatoms. The topological polar surface area (TPSA) is 141 Å². The summed E-state index contributed by atoms with van der Waals surface area (Å²) < 4.78 is 28.5. The number of benzene rings is 2. The highest BCUT2D eigenvalue weighted by molar-refractivity contribution is 7.99. The SMILES string of the molecule is N#CC[C@@H]1c2cc(O)c(N3CCCN(C4CC4)C3=O)cc2CN1C(=O)c1c(Sc2c(Cl)ccc(CO)c2Cl)cc(C(F)(F)Cl)[nH]c1=O. The number of nitrogens with one attached hydrogen (secondary N) is 1. The number of fused-ring (bicyclic) bond motifs is 1. The van der Waals surface area contributed by atoms with E-state index >= 15 is 0 Å². The fourth-order valence-electron chi connectivity index (χ4n) is 5.99. The first kappa shape index (κ1) is 33.4. The van der Waals surface area contributed by atoms with E-state index in [1.807, 2.05) is 11.1 Å². The van der Waals surface area contributed by atoms with Crippen LogP contribution in [-0.4, -0.2) is 56.1 Å². The fourth-order valence-corrected chi connectivity index (χ4v) is 7.82. The summed E-state index contributed by atoms with van der Waals surface area (Å²) in [7, 11) is 0. The molecule has 246 valence electrons. The van der Waals surface area contributed by atoms with Crippen molar-refractivity contribution in [1.82, 2.24) is 14.8 Å². The second kappa shape index (κ2) is 12.8. The van der Waals surface area contributed by atoms with Crippen molar-refractivity contribution in [3.8, 4) is 11.8 Å². The van der Waals surface area contributed by atoms with Crippen LogP contribution in [-0.2, 0) is 18.5 Å². The molecule has 1 saturated heterocycles. The maximum atomic E-state index is 14.3. The van der Waals surface area contributed by atoms with Crippen LogP contribution in [0.3, 0.4) is 0 Å². The van der Waals surface area contributed by atoms with Gasteiger partial charge in [-0.25, -0.2) is 4.79 Å². The molecule has 3 N–H and O–H groups in total. The number of aliphatic hydroxyl groups excluding tert-OH is 1. The van der Waals surface area contributed by atoms with Crippen molar-refractivity contribution in [2.24, 2.45) is 0 Å². The zero-order chi connectivity index (χ0) is 33.8. The number of nitrogens with zero attached hydrogens (tertiary/aromatic N) is 4. The van der Waals surface area contributed by atoms with Crippen molar-refractivity contribution in [1.29, 1.82) is 5.26 Å². The summed E-state index contributed by atoms with van der Waals surface area (Å²) in [6.07, 6.45) is 2.34. The number of nitriles is 1. The van der Waals surface area contributed by atoms with E-state index in [9.17, 15) is 38.6 Å². The lowest BCUT2D eigenvalue weighted by Crippen LogP contribution is -2.50. The van der Waals surface area contributed by atoms with E-state index in [2.05, 4.69) is 0 Å². The van der Waals surface area contributed by atoms with Gasteiger partial charge in [-0.15, -0.1) is 0 Å². The molecule has 2 aliphatic heterocycles. The molecule has 0 radical (unpaired) electrons. The number of hydrogen-bond acceptors (Lipinski definition) is 7. The Morgan fingerprint density at radius 2 is 1.91 bits per heavy atom. The Balaban J connectivity index is 1.40. The molecule has 3 aromatic rings. The van der Waals surface area contributed by atoms with E-state index in [-0.39, 0.29) is 61.9 Å². The quantitative estimate of drug-likeness (QED) is 0.219. The van der Waals surface area contributed by atoms with Gasteiger partial charge in [-0.2, -0.15) is 14.0 Å². The molecule has 1 saturated carbocycles. The molecule has 6 rings (SSSR count). The summed E-state index contributed by atoms with van der Waals surface area (Å²) in [4.78, 5) is 47.3. The predicted molar refractivity (Wildman–Crippen MR) is 171 cm³/mol. The normalized spacial score (nSPS) is 18.0. The number of carbonyl (C=O) groups is 2. The number of urea groups is 1. The third kappa shape index (κ3) is 6.25. The number of carbonyl (C=O) groups excluding carboxylic acids is 2. The van der Waals surface area contributed by atoms with Gasteiger partial charge in [0.05, 0.1) is 40.9 Å². The largest absolute Gasteiger partial charge is 0.506 e. The van der Waals surface area contributed by atoms with Gasteiger partial charge in [-0.05, 0) is 71.8 Å². The zero-order valence-electron chi connectivity index (χ0n) is 24.4. The fraction of sp³-hybridized carbons (Fsp3) is 0.355. The van der Waals surface area contributed by atoms with E-state index < -0.39 is 40.8 Å². The molecule has 1 atom stereocenters. The van der Waals surface area contributed by atoms with Gasteiger partial charge < -0.3 is 25.0 Å². The number of alkyl halides is 3. The van der Waals surface area contributed by atoms with Gasteiger partial charge >= 0.3 is 11.4 Å². The summed E-state index contributed by atoms with van der Waals surface area (Å²) in [5.41, 5.74) is -1.16. The van der Waals surface area contributed by atoms with Gasteiger partial charge in [0.1, 0.15) is 17.0 Å². The molecular weight excluding hydrogens is 699 g/mol. The van der Waals surface area contributed by atoms with Gasteiger partial charge in [-0.3, -0.25) is 14.5 Å². The summed E-state index contributed by atoms with van der Waals surface area (Å²) in [6, 6.07) is 7.84. The molecule has 10 nitrogen and oxygen atoms in total. The van der Waals surface area contributed by atoms with Crippen LogP contribution in [0.2, 0.25) is 10.0 Å². The first-order chi connectivity index (χ1) is 22.3. The monoisotopic (exact) mass is 723 g/mol. The summed E-state index contributed by atoms with van der Waals surface area (Å²) >= 11 is 18.7. The van der Waals surface area contributed by atoms with E-state index in [4.69, 9.17) is 34.8 Å². The number of pyridine rings is 1. The van der Waals surface area contributed by atoms with Crippen LogP contribution in [0.1, 0.15) is 64.5 Å². The standard InChI is InChI=1S/C31H26Cl3F2N5O5S/c32-19-5-2-15(14-42)26(33)27(19)47-23-12-24(31(34,35)36)38-28(44)25(23)29(45)41-13-16-10-21(22(43)11-18(16)20(41)6-7-37)40-9-1-8-39(30(40)46)17-3-4-17/h2,5,10-12,17,20,42-43H,1,3-4,6,8-9,13-14H2,(H,38,44)/t20-/m1/s1. The lowest BCUT2D eigenvalue weighted by Gasteiger charge is -2.36. The molecule has 2 aromatic carbocycles. The molecule has 1 aromatic heterocycles. The van der Waals surface area contributed by atoms with Crippen LogP contribution in [0.25, 0.3) is 0 Å². The molecular formula is C31H26Cl3F2N5O5S. The molecule has 0 unspecified atom stereocenters. The lowest BCUT2D eigenvalue weighted by molar-refractivity contribution is 0.0684. The number of halogens is 5. The number of rotatable bonds is 8. The number of H-pyrrole nitrogens is 1. The Morgan fingerprint density at radius 3 is 2.57 bits per heavy atom. The lowest BCUT2D eigenvalue weighted by atomic mass is 10.0. The van der Waals surface area contributed by atoms with E-state index in [1.165, 1.54) is 28.0 Å². The van der Waals surface area contributed by atoms with Gasteiger partial charge in [-0.1, -0.05) is 41.0 Å².